The minimum atomic E-state index is 0.00113. The van der Waals surface area contributed by atoms with Gasteiger partial charge in [-0.25, -0.2) is 0 Å². The number of benzene rings is 1. The molecule has 6 heteroatoms. The summed E-state index contributed by atoms with van der Waals surface area (Å²) >= 11 is 0. The normalized spacial score (nSPS) is 20.8. The highest BCUT2D eigenvalue weighted by Gasteiger charge is 2.31. The molecule has 2 atom stereocenters. The average Bonchev–Trinajstić information content (AvgIpc) is 3.18. The Bertz CT molecular complexity index is 728. The Labute approximate surface area is 149 Å². The molecular formula is C19H26N4O2. The molecule has 25 heavy (non-hydrogen) atoms. The van der Waals surface area contributed by atoms with E-state index in [4.69, 9.17) is 4.74 Å². The molecule has 1 aliphatic rings. The van der Waals surface area contributed by atoms with Gasteiger partial charge >= 0.3 is 0 Å². The van der Waals surface area contributed by atoms with Crippen molar-refractivity contribution in [2.24, 2.45) is 7.05 Å². The monoisotopic (exact) mass is 342 g/mol. The van der Waals surface area contributed by atoms with Crippen molar-refractivity contribution in [3.05, 3.63) is 42.1 Å². The van der Waals surface area contributed by atoms with Crippen LogP contribution in [0.15, 0.2) is 36.5 Å². The number of nitrogens with zero attached hydrogens (tertiary/aromatic N) is 4. The van der Waals surface area contributed by atoms with Gasteiger partial charge in [0.25, 0.3) is 5.91 Å². The largest absolute Gasteiger partial charge is 0.380 e. The number of methoxy groups -OCH3 is 1. The zero-order valence-corrected chi connectivity index (χ0v) is 15.3. The first-order chi connectivity index (χ1) is 12.0. The summed E-state index contributed by atoms with van der Waals surface area (Å²) in [7, 11) is 7.54. The quantitative estimate of drug-likeness (QED) is 0.832. The molecule has 1 amide bonds. The number of hydrogen-bond acceptors (Lipinski definition) is 4. The lowest BCUT2D eigenvalue weighted by Crippen LogP contribution is -2.39. The van der Waals surface area contributed by atoms with E-state index in [1.54, 1.807) is 22.9 Å². The molecule has 1 aliphatic heterocycles. The number of carbonyl (C=O) groups excluding carboxylic acids is 1. The predicted molar refractivity (Wildman–Crippen MR) is 97.4 cm³/mol. The number of rotatable bonds is 5. The Hall–Kier alpha value is -2.18. The molecule has 2 heterocycles. The van der Waals surface area contributed by atoms with Gasteiger partial charge in [0.2, 0.25) is 0 Å². The number of aryl methyl sites for hydroxylation is 1. The molecule has 1 saturated heterocycles. The maximum Gasteiger partial charge on any atom is 0.257 e. The van der Waals surface area contributed by atoms with E-state index in [2.05, 4.69) is 17.0 Å². The van der Waals surface area contributed by atoms with Gasteiger partial charge in [-0.1, -0.05) is 30.3 Å². The van der Waals surface area contributed by atoms with Crippen molar-refractivity contribution < 1.29 is 9.53 Å². The third-order valence-corrected chi connectivity index (χ3v) is 4.92. The molecule has 6 nitrogen and oxygen atoms in total. The minimum Gasteiger partial charge on any atom is -0.380 e. The van der Waals surface area contributed by atoms with Crippen LogP contribution in [0.2, 0.25) is 0 Å². The van der Waals surface area contributed by atoms with Crippen LogP contribution in [0.5, 0.6) is 0 Å². The zero-order chi connectivity index (χ0) is 18.0. The lowest BCUT2D eigenvalue weighted by atomic mass is 10.1. The molecule has 1 aromatic heterocycles. The predicted octanol–water partition coefficient (Wildman–Crippen LogP) is 1.88. The summed E-state index contributed by atoms with van der Waals surface area (Å²) < 4.78 is 7.16. The summed E-state index contributed by atoms with van der Waals surface area (Å²) in [5.41, 5.74) is 2.33. The van der Waals surface area contributed by atoms with Crippen molar-refractivity contribution in [3.8, 4) is 11.3 Å². The number of amides is 1. The van der Waals surface area contributed by atoms with E-state index in [-0.39, 0.29) is 12.0 Å². The second-order valence-corrected chi connectivity index (χ2v) is 6.80. The van der Waals surface area contributed by atoms with E-state index in [1.165, 1.54) is 0 Å². The van der Waals surface area contributed by atoms with Crippen LogP contribution in [0.1, 0.15) is 16.8 Å². The van der Waals surface area contributed by atoms with E-state index in [1.807, 2.05) is 44.4 Å². The summed E-state index contributed by atoms with van der Waals surface area (Å²) in [5, 5.41) is 4.50. The Kier molecular flexibility index (Phi) is 5.20. The molecule has 0 saturated carbocycles. The van der Waals surface area contributed by atoms with Crippen LogP contribution in [-0.2, 0) is 11.8 Å². The fraction of sp³-hybridized carbons (Fsp3) is 0.474. The van der Waals surface area contributed by atoms with Crippen molar-refractivity contribution in [1.29, 1.82) is 0 Å². The van der Waals surface area contributed by atoms with Crippen LogP contribution >= 0.6 is 0 Å². The van der Waals surface area contributed by atoms with Crippen LogP contribution in [0, 0.1) is 0 Å². The summed E-state index contributed by atoms with van der Waals surface area (Å²) in [6.45, 7) is 1.59. The van der Waals surface area contributed by atoms with Crippen LogP contribution in [0.4, 0.5) is 0 Å². The van der Waals surface area contributed by atoms with Crippen LogP contribution in [0.3, 0.4) is 0 Å². The van der Waals surface area contributed by atoms with Gasteiger partial charge in [0.15, 0.2) is 0 Å². The van der Waals surface area contributed by atoms with Gasteiger partial charge in [-0.3, -0.25) is 14.4 Å². The molecule has 0 unspecified atom stereocenters. The first-order valence-corrected chi connectivity index (χ1v) is 8.57. The molecule has 0 radical (unpaired) electrons. The fourth-order valence-corrected chi connectivity index (χ4v) is 3.47. The van der Waals surface area contributed by atoms with Gasteiger partial charge in [0.1, 0.15) is 5.69 Å². The third kappa shape index (κ3) is 3.75. The second-order valence-electron chi connectivity index (χ2n) is 6.80. The molecule has 2 aromatic rings. The second kappa shape index (κ2) is 7.37. The van der Waals surface area contributed by atoms with E-state index in [0.29, 0.717) is 18.2 Å². The van der Waals surface area contributed by atoms with Crippen LogP contribution < -0.4 is 0 Å². The highest BCUT2D eigenvalue weighted by molar-refractivity contribution is 5.99. The Morgan fingerprint density at radius 2 is 2.04 bits per heavy atom. The summed E-state index contributed by atoms with van der Waals surface area (Å²) in [5.74, 6) is 0.00113. The van der Waals surface area contributed by atoms with E-state index in [9.17, 15) is 4.79 Å². The average molecular weight is 342 g/mol. The highest BCUT2D eigenvalue weighted by Crippen LogP contribution is 2.24. The number of likely N-dealkylation sites (tertiary alicyclic amines) is 1. The van der Waals surface area contributed by atoms with Gasteiger partial charge in [0, 0.05) is 52.1 Å². The van der Waals surface area contributed by atoms with Gasteiger partial charge in [-0.05, 0) is 13.5 Å². The van der Waals surface area contributed by atoms with Crippen molar-refractivity contribution in [1.82, 2.24) is 19.6 Å². The van der Waals surface area contributed by atoms with Crippen molar-refractivity contribution in [2.75, 3.05) is 34.3 Å². The maximum atomic E-state index is 13.0. The number of hydrogen-bond donors (Lipinski definition) is 0. The van der Waals surface area contributed by atoms with Gasteiger partial charge < -0.3 is 9.64 Å². The number of carbonyl (C=O) groups is 1. The first kappa shape index (κ1) is 17.6. The maximum absolute atomic E-state index is 13.0. The summed E-state index contributed by atoms with van der Waals surface area (Å²) in [4.78, 5) is 17.1. The van der Waals surface area contributed by atoms with E-state index in [0.717, 1.165) is 24.2 Å². The first-order valence-electron chi connectivity index (χ1n) is 8.57. The number of aromatic nitrogens is 2. The number of likely N-dealkylation sites (N-methyl/N-ethyl adjacent to an activating group) is 2. The summed E-state index contributed by atoms with van der Waals surface area (Å²) in [6.07, 6.45) is 3.00. The lowest BCUT2D eigenvalue weighted by molar-refractivity contribution is 0.0761. The molecule has 1 fully saturated rings. The molecule has 0 aliphatic carbocycles. The molecule has 0 spiro atoms. The standard InChI is InChI=1S/C19H26N4O2/c1-21-12-16(25-4)10-15(21)11-22(2)19(24)17-13-23(3)20-18(17)14-8-6-5-7-9-14/h5-9,13,15-16H,10-12H2,1-4H3/t15-,16-/m0/s1. The molecule has 134 valence electrons. The molecule has 0 bridgehead atoms. The molecular weight excluding hydrogens is 316 g/mol. The smallest absolute Gasteiger partial charge is 0.257 e. The third-order valence-electron chi connectivity index (χ3n) is 4.92. The Morgan fingerprint density at radius 1 is 1.32 bits per heavy atom. The molecule has 1 aromatic carbocycles. The Balaban J connectivity index is 1.77. The van der Waals surface area contributed by atoms with Gasteiger partial charge in [-0.15, -0.1) is 0 Å². The van der Waals surface area contributed by atoms with Gasteiger partial charge in [-0.2, -0.15) is 5.10 Å². The van der Waals surface area contributed by atoms with Crippen molar-refractivity contribution in [3.63, 3.8) is 0 Å². The van der Waals surface area contributed by atoms with Gasteiger partial charge in [0.05, 0.1) is 11.7 Å². The molecule has 0 N–H and O–H groups in total. The van der Waals surface area contributed by atoms with Crippen LogP contribution in [-0.4, -0.2) is 71.9 Å². The summed E-state index contributed by atoms with van der Waals surface area (Å²) in [6, 6.07) is 10.2. The zero-order valence-electron chi connectivity index (χ0n) is 15.3. The topological polar surface area (TPSA) is 50.6 Å². The van der Waals surface area contributed by atoms with E-state index < -0.39 is 0 Å². The van der Waals surface area contributed by atoms with Crippen molar-refractivity contribution in [2.45, 2.75) is 18.6 Å². The van der Waals surface area contributed by atoms with E-state index >= 15 is 0 Å². The van der Waals surface area contributed by atoms with Crippen molar-refractivity contribution >= 4 is 5.91 Å². The van der Waals surface area contributed by atoms with Crippen LogP contribution in [0.25, 0.3) is 11.3 Å². The minimum absolute atomic E-state index is 0.00113. The lowest BCUT2D eigenvalue weighted by Gasteiger charge is -2.25. The SMILES string of the molecule is CO[C@H]1C[C@@H](CN(C)C(=O)c2cn(C)nc2-c2ccccc2)N(C)C1. The molecule has 3 rings (SSSR count). The Morgan fingerprint density at radius 3 is 2.68 bits per heavy atom. The number of ether oxygens (including phenoxy) is 1. The fourth-order valence-electron chi connectivity index (χ4n) is 3.47. The highest BCUT2D eigenvalue weighted by atomic mass is 16.5.